The Morgan fingerprint density at radius 3 is 2.62 bits per heavy atom. The van der Waals surface area contributed by atoms with Crippen LogP contribution in [0.4, 0.5) is 4.79 Å². The number of benzene rings is 1. The van der Waals surface area contributed by atoms with Gasteiger partial charge in [-0.1, -0.05) is 30.3 Å². The third kappa shape index (κ3) is 8.12. The molecular formula is C13H19N2O5P. The van der Waals surface area contributed by atoms with E-state index in [2.05, 4.69) is 10.6 Å². The van der Waals surface area contributed by atoms with E-state index in [0.717, 1.165) is 5.56 Å². The summed E-state index contributed by atoms with van der Waals surface area (Å²) in [5.74, 6) is -0.442. The molecule has 1 rings (SSSR count). The number of carbonyl (C=O) groups excluding carboxylic acids is 2. The second kappa shape index (κ2) is 9.15. The van der Waals surface area contributed by atoms with Gasteiger partial charge in [0.15, 0.2) is 8.03 Å². The minimum absolute atomic E-state index is 0.00879. The van der Waals surface area contributed by atoms with Crippen LogP contribution in [-0.4, -0.2) is 35.6 Å². The largest absolute Gasteiger partial charge is 0.445 e. The SMILES string of the molecule is CC(C[PH](=O)O)NC(=O)CNC(=O)OCc1ccccc1. The first-order valence-electron chi connectivity index (χ1n) is 6.43. The van der Waals surface area contributed by atoms with E-state index in [-0.39, 0.29) is 19.3 Å². The van der Waals surface area contributed by atoms with E-state index in [0.29, 0.717) is 0 Å². The molecular weight excluding hydrogens is 295 g/mol. The highest BCUT2D eigenvalue weighted by molar-refractivity contribution is 7.38. The van der Waals surface area contributed by atoms with Crippen molar-refractivity contribution in [2.45, 2.75) is 19.6 Å². The molecule has 1 aromatic rings. The maximum atomic E-state index is 11.5. The summed E-state index contributed by atoms with van der Waals surface area (Å²) in [6, 6.07) is 8.74. The maximum absolute atomic E-state index is 11.5. The summed E-state index contributed by atoms with van der Waals surface area (Å²) in [6.45, 7) is 1.49. The second-order valence-electron chi connectivity index (χ2n) is 4.48. The van der Waals surface area contributed by atoms with Gasteiger partial charge in [-0.05, 0) is 12.5 Å². The van der Waals surface area contributed by atoms with E-state index in [4.69, 9.17) is 9.63 Å². The first-order chi connectivity index (χ1) is 9.97. The van der Waals surface area contributed by atoms with Crippen LogP contribution in [-0.2, 0) is 20.7 Å². The lowest BCUT2D eigenvalue weighted by Crippen LogP contribution is -2.41. The van der Waals surface area contributed by atoms with Gasteiger partial charge >= 0.3 is 6.09 Å². The number of nitrogens with one attached hydrogen (secondary N) is 2. The van der Waals surface area contributed by atoms with E-state index >= 15 is 0 Å². The third-order valence-electron chi connectivity index (χ3n) is 2.49. The summed E-state index contributed by atoms with van der Waals surface area (Å²) in [5.41, 5.74) is 0.846. The van der Waals surface area contributed by atoms with Crippen molar-refractivity contribution in [3.8, 4) is 0 Å². The molecule has 0 fully saturated rings. The quantitative estimate of drug-likeness (QED) is 0.648. The molecule has 0 aromatic heterocycles. The van der Waals surface area contributed by atoms with Crippen molar-refractivity contribution in [1.82, 2.24) is 10.6 Å². The maximum Gasteiger partial charge on any atom is 0.407 e. The number of hydrogen-bond acceptors (Lipinski definition) is 4. The highest BCUT2D eigenvalue weighted by Gasteiger charge is 2.11. The lowest BCUT2D eigenvalue weighted by molar-refractivity contribution is -0.120. The lowest BCUT2D eigenvalue weighted by Gasteiger charge is -2.12. The molecule has 0 radical (unpaired) electrons. The van der Waals surface area contributed by atoms with Crippen LogP contribution < -0.4 is 10.6 Å². The number of amides is 2. The van der Waals surface area contributed by atoms with Crippen LogP contribution in [0.25, 0.3) is 0 Å². The van der Waals surface area contributed by atoms with E-state index in [1.165, 1.54) is 0 Å². The number of hydrogen-bond donors (Lipinski definition) is 3. The highest BCUT2D eigenvalue weighted by Crippen LogP contribution is 2.13. The Hall–Kier alpha value is -1.85. The molecule has 0 bridgehead atoms. The van der Waals surface area contributed by atoms with Gasteiger partial charge in [-0.15, -0.1) is 0 Å². The molecule has 2 atom stereocenters. The van der Waals surface area contributed by atoms with Crippen molar-refractivity contribution in [3.63, 3.8) is 0 Å². The fourth-order valence-corrected chi connectivity index (χ4v) is 2.19. The smallest absolute Gasteiger partial charge is 0.407 e. The molecule has 0 aliphatic carbocycles. The predicted octanol–water partition coefficient (Wildman–Crippen LogP) is 0.884. The summed E-state index contributed by atoms with van der Waals surface area (Å²) in [7, 11) is -2.63. The van der Waals surface area contributed by atoms with Gasteiger partial charge in [-0.3, -0.25) is 9.36 Å². The molecule has 3 N–H and O–H groups in total. The number of rotatable bonds is 7. The molecule has 8 heteroatoms. The summed E-state index contributed by atoms with van der Waals surface area (Å²) in [6.07, 6.45) is -0.688. The minimum atomic E-state index is -2.63. The molecule has 0 spiro atoms. The lowest BCUT2D eigenvalue weighted by atomic mass is 10.2. The van der Waals surface area contributed by atoms with Gasteiger partial charge in [0.05, 0.1) is 0 Å². The van der Waals surface area contributed by atoms with Crippen molar-refractivity contribution < 1.29 is 23.8 Å². The number of alkyl carbamates (subject to hydrolysis) is 1. The first-order valence-corrected chi connectivity index (χ1v) is 7.99. The van der Waals surface area contributed by atoms with Crippen molar-refractivity contribution >= 4 is 20.0 Å². The van der Waals surface area contributed by atoms with Crippen LogP contribution in [0.5, 0.6) is 0 Å². The van der Waals surface area contributed by atoms with E-state index < -0.39 is 26.1 Å². The topological polar surface area (TPSA) is 105 Å². The average Bonchev–Trinajstić information content (AvgIpc) is 2.43. The number of carbonyl (C=O) groups is 2. The molecule has 2 amide bonds. The Kier molecular flexibility index (Phi) is 7.50. The zero-order chi connectivity index (χ0) is 15.7. The minimum Gasteiger partial charge on any atom is -0.445 e. The van der Waals surface area contributed by atoms with Crippen LogP contribution >= 0.6 is 8.03 Å². The molecule has 2 unspecified atom stereocenters. The monoisotopic (exact) mass is 314 g/mol. The van der Waals surface area contributed by atoms with Gasteiger partial charge in [-0.25, -0.2) is 4.79 Å². The van der Waals surface area contributed by atoms with Gasteiger partial charge < -0.3 is 20.3 Å². The standard InChI is InChI=1S/C13H19N2O5P/c1-10(9-21(18)19)15-12(16)7-14-13(17)20-8-11-5-3-2-4-6-11/h2-6,10,21H,7-9H2,1H3,(H,14,17)(H,15,16)(H,18,19). The molecule has 0 aliphatic heterocycles. The van der Waals surface area contributed by atoms with E-state index in [9.17, 15) is 14.2 Å². The van der Waals surface area contributed by atoms with Crippen LogP contribution in [0.15, 0.2) is 30.3 Å². The Morgan fingerprint density at radius 2 is 2.00 bits per heavy atom. The number of ether oxygens (including phenoxy) is 1. The molecule has 116 valence electrons. The van der Waals surface area contributed by atoms with Crippen LogP contribution in [0.1, 0.15) is 12.5 Å². The van der Waals surface area contributed by atoms with Crippen molar-refractivity contribution in [2.24, 2.45) is 0 Å². The fraction of sp³-hybridized carbons (Fsp3) is 0.385. The van der Waals surface area contributed by atoms with Gasteiger partial charge in [-0.2, -0.15) is 0 Å². The van der Waals surface area contributed by atoms with Crippen molar-refractivity contribution in [2.75, 3.05) is 12.7 Å². The Bertz CT molecular complexity index is 495. The molecule has 0 heterocycles. The van der Waals surface area contributed by atoms with Crippen LogP contribution in [0.2, 0.25) is 0 Å². The van der Waals surface area contributed by atoms with Crippen LogP contribution in [0.3, 0.4) is 0 Å². The second-order valence-corrected chi connectivity index (χ2v) is 5.68. The van der Waals surface area contributed by atoms with E-state index in [1.807, 2.05) is 30.3 Å². The van der Waals surface area contributed by atoms with Crippen molar-refractivity contribution in [1.29, 1.82) is 0 Å². The Labute approximate surface area is 123 Å². The summed E-state index contributed by atoms with van der Waals surface area (Å²) in [4.78, 5) is 31.6. The third-order valence-corrected chi connectivity index (χ3v) is 3.46. The summed E-state index contributed by atoms with van der Waals surface area (Å²) >= 11 is 0. The highest BCUT2D eigenvalue weighted by atomic mass is 31.1. The van der Waals surface area contributed by atoms with Gasteiger partial charge in [0, 0.05) is 12.2 Å². The normalized spacial score (nSPS) is 13.0. The molecule has 0 saturated carbocycles. The van der Waals surface area contributed by atoms with Gasteiger partial charge in [0.25, 0.3) is 0 Å². The van der Waals surface area contributed by atoms with Crippen molar-refractivity contribution in [3.05, 3.63) is 35.9 Å². The molecule has 0 saturated heterocycles. The zero-order valence-electron chi connectivity index (χ0n) is 11.7. The Morgan fingerprint density at radius 1 is 1.33 bits per heavy atom. The first kappa shape index (κ1) is 17.2. The molecule has 7 nitrogen and oxygen atoms in total. The predicted molar refractivity (Wildman–Crippen MR) is 78.3 cm³/mol. The van der Waals surface area contributed by atoms with E-state index in [1.54, 1.807) is 6.92 Å². The zero-order valence-corrected chi connectivity index (χ0v) is 12.7. The molecule has 21 heavy (non-hydrogen) atoms. The Balaban J connectivity index is 2.20. The summed E-state index contributed by atoms with van der Waals surface area (Å²) < 4.78 is 15.6. The molecule has 0 aliphatic rings. The molecule has 1 aromatic carbocycles. The van der Waals surface area contributed by atoms with Gasteiger partial charge in [0.1, 0.15) is 13.2 Å². The van der Waals surface area contributed by atoms with Crippen LogP contribution in [0, 0.1) is 0 Å². The van der Waals surface area contributed by atoms with Gasteiger partial charge in [0.2, 0.25) is 5.91 Å². The summed E-state index contributed by atoms with van der Waals surface area (Å²) in [5, 5.41) is 4.80. The fourth-order valence-electron chi connectivity index (χ4n) is 1.57. The average molecular weight is 314 g/mol.